The number of carbonyl (C=O) groups is 2. The third kappa shape index (κ3) is 12.5. The zero-order chi connectivity index (χ0) is 15.2. The van der Waals surface area contributed by atoms with Gasteiger partial charge in [-0.1, -0.05) is 45.4 Å². The molecule has 0 aliphatic rings. The Hall–Kier alpha value is -0.560. The van der Waals surface area contributed by atoms with E-state index in [4.69, 9.17) is 4.18 Å². The van der Waals surface area contributed by atoms with Crippen molar-refractivity contribution in [2.24, 2.45) is 0 Å². The average Bonchev–Trinajstić information content (AvgIpc) is 2.39. The molecule has 0 bridgehead atoms. The fourth-order valence-corrected chi connectivity index (χ4v) is 2.62. The molecule has 0 aliphatic carbocycles. The lowest BCUT2D eigenvalue weighted by atomic mass is 10.3. The van der Waals surface area contributed by atoms with E-state index >= 15 is 0 Å². The Morgan fingerprint density at radius 2 is 1.70 bits per heavy atom. The van der Waals surface area contributed by atoms with Gasteiger partial charge in [0.15, 0.2) is 0 Å². The minimum absolute atomic E-state index is 0.0149. The van der Waals surface area contributed by atoms with Gasteiger partial charge in [0, 0.05) is 24.1 Å². The SMILES string of the molecule is CCCCNC(=O)OSCC(C)SC(=O)NCCCC. The van der Waals surface area contributed by atoms with Crippen LogP contribution in [0.15, 0.2) is 0 Å². The van der Waals surface area contributed by atoms with Crippen molar-refractivity contribution in [2.45, 2.75) is 51.7 Å². The van der Waals surface area contributed by atoms with Gasteiger partial charge in [0.25, 0.3) is 5.24 Å². The Morgan fingerprint density at radius 1 is 1.10 bits per heavy atom. The molecule has 118 valence electrons. The second-order valence-corrected chi connectivity index (χ2v) is 6.58. The topological polar surface area (TPSA) is 67.4 Å². The molecule has 2 N–H and O–H groups in total. The number of amides is 2. The lowest BCUT2D eigenvalue weighted by Gasteiger charge is -2.10. The van der Waals surface area contributed by atoms with E-state index in [1.807, 2.05) is 6.92 Å². The summed E-state index contributed by atoms with van der Waals surface area (Å²) in [5, 5.41) is 5.59. The first-order chi connectivity index (χ1) is 9.60. The van der Waals surface area contributed by atoms with Crippen molar-refractivity contribution in [1.82, 2.24) is 10.6 Å². The third-order valence-corrected chi connectivity index (χ3v) is 4.39. The summed E-state index contributed by atoms with van der Waals surface area (Å²) >= 11 is 2.33. The molecular formula is C13H26N2O3S2. The van der Waals surface area contributed by atoms with Crippen LogP contribution in [0.1, 0.15) is 46.5 Å². The molecule has 0 heterocycles. The largest absolute Gasteiger partial charge is 0.419 e. The molecule has 0 aromatic rings. The molecule has 0 aromatic carbocycles. The summed E-state index contributed by atoms with van der Waals surface area (Å²) < 4.78 is 4.96. The van der Waals surface area contributed by atoms with Crippen molar-refractivity contribution in [3.63, 3.8) is 0 Å². The van der Waals surface area contributed by atoms with Gasteiger partial charge in [0.05, 0.1) is 12.0 Å². The Morgan fingerprint density at radius 3 is 2.30 bits per heavy atom. The highest BCUT2D eigenvalue weighted by atomic mass is 32.2. The first kappa shape index (κ1) is 19.4. The van der Waals surface area contributed by atoms with Gasteiger partial charge in [-0.2, -0.15) is 0 Å². The van der Waals surface area contributed by atoms with Gasteiger partial charge in [-0.15, -0.1) is 0 Å². The van der Waals surface area contributed by atoms with Crippen molar-refractivity contribution in [3.8, 4) is 0 Å². The van der Waals surface area contributed by atoms with Gasteiger partial charge in [0.1, 0.15) is 0 Å². The summed E-state index contributed by atoms with van der Waals surface area (Å²) in [7, 11) is 0. The van der Waals surface area contributed by atoms with Crippen LogP contribution in [0.25, 0.3) is 0 Å². The van der Waals surface area contributed by atoms with E-state index in [1.54, 1.807) is 0 Å². The van der Waals surface area contributed by atoms with Gasteiger partial charge in [-0.25, -0.2) is 4.79 Å². The normalized spacial score (nSPS) is 11.8. The van der Waals surface area contributed by atoms with E-state index < -0.39 is 6.09 Å². The fourth-order valence-electron chi connectivity index (χ4n) is 1.21. The number of hydrogen-bond acceptors (Lipinski definition) is 5. The highest BCUT2D eigenvalue weighted by molar-refractivity contribution is 8.14. The quantitative estimate of drug-likeness (QED) is 0.473. The number of thioether (sulfide) groups is 1. The number of hydrogen-bond donors (Lipinski definition) is 2. The van der Waals surface area contributed by atoms with Crippen LogP contribution in [0.2, 0.25) is 0 Å². The number of rotatable bonds is 10. The monoisotopic (exact) mass is 322 g/mol. The van der Waals surface area contributed by atoms with Crippen molar-refractivity contribution < 1.29 is 13.8 Å². The molecule has 0 fully saturated rings. The summed E-state index contributed by atoms with van der Waals surface area (Å²) in [5.41, 5.74) is 0. The molecule has 20 heavy (non-hydrogen) atoms. The maximum absolute atomic E-state index is 11.5. The Labute approximate surface area is 130 Å². The van der Waals surface area contributed by atoms with Crippen LogP contribution in [0.5, 0.6) is 0 Å². The molecule has 5 nitrogen and oxygen atoms in total. The van der Waals surface area contributed by atoms with Crippen LogP contribution in [-0.4, -0.2) is 35.4 Å². The van der Waals surface area contributed by atoms with E-state index in [9.17, 15) is 9.59 Å². The molecule has 0 aromatic heterocycles. The summed E-state index contributed by atoms with van der Waals surface area (Å²) in [6, 6.07) is 0. The van der Waals surface area contributed by atoms with Gasteiger partial charge < -0.3 is 14.8 Å². The molecule has 0 rings (SSSR count). The first-order valence-corrected chi connectivity index (χ1v) is 8.90. The maximum atomic E-state index is 11.5. The van der Waals surface area contributed by atoms with Crippen LogP contribution in [0, 0.1) is 0 Å². The summed E-state index contributed by atoms with van der Waals surface area (Å²) in [4.78, 5) is 22.8. The molecule has 2 amide bonds. The summed E-state index contributed by atoms with van der Waals surface area (Å²) in [6.45, 7) is 7.45. The standard InChI is InChI=1S/C13H26N2O3S2/c1-4-6-8-14-12(16)18-19-10-11(3)20-13(17)15-9-7-5-2/h11H,4-10H2,1-3H3,(H,14,16)(H,15,17). The minimum atomic E-state index is -0.409. The van der Waals surface area contributed by atoms with Crippen LogP contribution < -0.4 is 10.6 Å². The molecule has 0 spiro atoms. The van der Waals surface area contributed by atoms with Gasteiger partial charge in [0.2, 0.25) is 0 Å². The highest BCUT2D eigenvalue weighted by Crippen LogP contribution is 2.17. The third-order valence-electron chi connectivity index (χ3n) is 2.34. The number of nitrogens with one attached hydrogen (secondary N) is 2. The van der Waals surface area contributed by atoms with Crippen molar-refractivity contribution >= 4 is 35.1 Å². The van der Waals surface area contributed by atoms with E-state index in [0.717, 1.165) is 44.3 Å². The molecule has 1 unspecified atom stereocenters. The Kier molecular flexibility index (Phi) is 13.0. The fraction of sp³-hybridized carbons (Fsp3) is 0.846. The lowest BCUT2D eigenvalue weighted by Crippen LogP contribution is -2.24. The molecular weight excluding hydrogens is 296 g/mol. The molecule has 0 radical (unpaired) electrons. The van der Waals surface area contributed by atoms with E-state index in [2.05, 4.69) is 24.5 Å². The van der Waals surface area contributed by atoms with E-state index in [-0.39, 0.29) is 10.5 Å². The summed E-state index contributed by atoms with van der Waals surface area (Å²) in [5.74, 6) is 0.590. The van der Waals surface area contributed by atoms with Gasteiger partial charge >= 0.3 is 6.09 Å². The Bertz CT molecular complexity index is 278. The average molecular weight is 322 g/mol. The van der Waals surface area contributed by atoms with E-state index in [0.29, 0.717) is 12.3 Å². The maximum Gasteiger partial charge on any atom is 0.419 e. The lowest BCUT2D eigenvalue weighted by molar-refractivity contribution is 0.208. The van der Waals surface area contributed by atoms with Crippen molar-refractivity contribution in [3.05, 3.63) is 0 Å². The van der Waals surface area contributed by atoms with Crippen LogP contribution in [-0.2, 0) is 4.18 Å². The first-order valence-electron chi connectivity index (χ1n) is 7.11. The van der Waals surface area contributed by atoms with Crippen LogP contribution in [0.3, 0.4) is 0 Å². The van der Waals surface area contributed by atoms with Crippen LogP contribution >= 0.6 is 23.8 Å². The molecule has 7 heteroatoms. The van der Waals surface area contributed by atoms with Crippen molar-refractivity contribution in [2.75, 3.05) is 18.8 Å². The van der Waals surface area contributed by atoms with Gasteiger partial charge in [-0.3, -0.25) is 4.79 Å². The minimum Gasteiger partial charge on any atom is -0.375 e. The molecule has 0 saturated carbocycles. The van der Waals surface area contributed by atoms with Crippen molar-refractivity contribution in [1.29, 1.82) is 0 Å². The zero-order valence-electron chi connectivity index (χ0n) is 12.6. The molecule has 1 atom stereocenters. The second kappa shape index (κ2) is 13.4. The summed E-state index contributed by atoms with van der Waals surface area (Å²) in [6.07, 6.45) is 3.64. The number of unbranched alkanes of at least 4 members (excludes halogenated alkanes) is 2. The zero-order valence-corrected chi connectivity index (χ0v) is 14.2. The Balaban J connectivity index is 3.54. The van der Waals surface area contributed by atoms with Gasteiger partial charge in [-0.05, 0) is 12.8 Å². The van der Waals surface area contributed by atoms with E-state index in [1.165, 1.54) is 11.8 Å². The predicted molar refractivity (Wildman–Crippen MR) is 87.2 cm³/mol. The highest BCUT2D eigenvalue weighted by Gasteiger charge is 2.11. The van der Waals surface area contributed by atoms with Crippen LogP contribution in [0.4, 0.5) is 9.59 Å². The smallest absolute Gasteiger partial charge is 0.375 e. The predicted octanol–water partition coefficient (Wildman–Crippen LogP) is 3.79. The molecule has 0 saturated heterocycles. The molecule has 0 aliphatic heterocycles. The second-order valence-electron chi connectivity index (χ2n) is 4.43. The number of carbonyl (C=O) groups excluding carboxylic acids is 2.